The Morgan fingerprint density at radius 3 is 3.10 bits per heavy atom. The zero-order chi connectivity index (χ0) is 15.1. The molecule has 1 saturated carbocycles. The molecule has 0 heterocycles. The van der Waals surface area contributed by atoms with Crippen molar-refractivity contribution in [2.45, 2.75) is 44.8 Å². The first-order valence-electron chi connectivity index (χ1n) is 7.77. The molecule has 2 rings (SSSR count). The fourth-order valence-corrected chi connectivity index (χ4v) is 2.79. The van der Waals surface area contributed by atoms with Gasteiger partial charge in [-0.25, -0.2) is 0 Å². The van der Waals surface area contributed by atoms with Gasteiger partial charge in [0.15, 0.2) is 0 Å². The summed E-state index contributed by atoms with van der Waals surface area (Å²) in [5, 5.41) is 13.2. The van der Waals surface area contributed by atoms with Crippen LogP contribution in [0.5, 0.6) is 0 Å². The van der Waals surface area contributed by atoms with Gasteiger partial charge in [-0.3, -0.25) is 0 Å². The summed E-state index contributed by atoms with van der Waals surface area (Å²) >= 11 is 0. The number of aliphatic hydroxyl groups is 1. The Hall–Kier alpha value is -1.50. The number of nitrogens with one attached hydrogen (secondary N) is 1. The molecule has 21 heavy (non-hydrogen) atoms. The normalized spacial score (nSPS) is 23.3. The summed E-state index contributed by atoms with van der Waals surface area (Å²) in [4.78, 5) is 0. The second-order valence-electron chi connectivity index (χ2n) is 5.99. The standard InChI is InChI=1S/C18H25NO2/c1-3-15-7-5-8-16(11-15)19-12-17(20)13-21-18-9-4-6-14(2)10-18/h1,5,7-8,11,14,17-20H,4,6,9-10,12-13H2,2H3. The predicted octanol–water partition coefficient (Wildman–Crippen LogP) is 3.04. The number of benzene rings is 1. The maximum atomic E-state index is 10.0. The van der Waals surface area contributed by atoms with Crippen molar-refractivity contribution in [2.24, 2.45) is 5.92 Å². The number of hydrogen-bond donors (Lipinski definition) is 2. The quantitative estimate of drug-likeness (QED) is 0.790. The van der Waals surface area contributed by atoms with E-state index in [4.69, 9.17) is 11.2 Å². The van der Waals surface area contributed by atoms with Gasteiger partial charge in [0.05, 0.1) is 18.8 Å². The van der Waals surface area contributed by atoms with Crippen LogP contribution in [0.2, 0.25) is 0 Å². The van der Waals surface area contributed by atoms with Crippen molar-refractivity contribution in [3.63, 3.8) is 0 Å². The molecule has 0 radical (unpaired) electrons. The van der Waals surface area contributed by atoms with Crippen molar-refractivity contribution < 1.29 is 9.84 Å². The molecule has 0 spiro atoms. The number of anilines is 1. The van der Waals surface area contributed by atoms with Crippen molar-refractivity contribution in [3.8, 4) is 12.3 Å². The number of hydrogen-bond acceptors (Lipinski definition) is 3. The highest BCUT2D eigenvalue weighted by atomic mass is 16.5. The minimum absolute atomic E-state index is 0.313. The predicted molar refractivity (Wildman–Crippen MR) is 86.2 cm³/mol. The Balaban J connectivity index is 1.69. The number of terminal acetylenes is 1. The van der Waals surface area contributed by atoms with Crippen LogP contribution in [0, 0.1) is 18.3 Å². The molecule has 0 saturated heterocycles. The summed E-state index contributed by atoms with van der Waals surface area (Å²) < 4.78 is 5.83. The molecule has 0 bridgehead atoms. The molecule has 1 aromatic carbocycles. The van der Waals surface area contributed by atoms with Gasteiger partial charge in [-0.1, -0.05) is 31.8 Å². The van der Waals surface area contributed by atoms with Crippen LogP contribution in [0.1, 0.15) is 38.2 Å². The summed E-state index contributed by atoms with van der Waals surface area (Å²) in [5.41, 5.74) is 1.76. The van der Waals surface area contributed by atoms with Gasteiger partial charge in [-0.15, -0.1) is 6.42 Å². The SMILES string of the molecule is C#Cc1cccc(NCC(O)COC2CCCC(C)C2)c1. The van der Waals surface area contributed by atoms with E-state index in [1.165, 1.54) is 12.8 Å². The molecule has 1 aliphatic rings. The smallest absolute Gasteiger partial charge is 0.0945 e. The molecule has 1 aromatic rings. The zero-order valence-electron chi connectivity index (χ0n) is 12.7. The van der Waals surface area contributed by atoms with Crippen LogP contribution in [0.15, 0.2) is 24.3 Å². The molecule has 3 nitrogen and oxygen atoms in total. The lowest BCUT2D eigenvalue weighted by Crippen LogP contribution is -2.30. The first kappa shape index (κ1) is 15.9. The average molecular weight is 287 g/mol. The van der Waals surface area contributed by atoms with Gasteiger partial charge in [-0.2, -0.15) is 0 Å². The number of ether oxygens (including phenoxy) is 1. The maximum absolute atomic E-state index is 10.0. The van der Waals surface area contributed by atoms with Crippen LogP contribution in [0.4, 0.5) is 5.69 Å². The van der Waals surface area contributed by atoms with Crippen LogP contribution in [-0.4, -0.2) is 30.5 Å². The van der Waals surface area contributed by atoms with E-state index < -0.39 is 6.10 Å². The summed E-state index contributed by atoms with van der Waals surface area (Å²) in [6.07, 6.45) is 9.95. The summed E-state index contributed by atoms with van der Waals surface area (Å²) in [5.74, 6) is 3.34. The van der Waals surface area contributed by atoms with E-state index in [0.29, 0.717) is 19.3 Å². The highest BCUT2D eigenvalue weighted by molar-refractivity contribution is 5.49. The lowest BCUT2D eigenvalue weighted by molar-refractivity contribution is -0.0274. The van der Waals surface area contributed by atoms with Crippen LogP contribution in [0.3, 0.4) is 0 Å². The van der Waals surface area contributed by atoms with Crippen molar-refractivity contribution in [1.82, 2.24) is 0 Å². The number of rotatable bonds is 6. The van der Waals surface area contributed by atoms with E-state index >= 15 is 0 Å². The van der Waals surface area contributed by atoms with Crippen molar-refractivity contribution in [3.05, 3.63) is 29.8 Å². The fourth-order valence-electron chi connectivity index (χ4n) is 2.79. The zero-order valence-corrected chi connectivity index (χ0v) is 12.7. The fraction of sp³-hybridized carbons (Fsp3) is 0.556. The third-order valence-corrected chi connectivity index (χ3v) is 3.98. The van der Waals surface area contributed by atoms with Gasteiger partial charge in [0.1, 0.15) is 0 Å². The van der Waals surface area contributed by atoms with E-state index in [0.717, 1.165) is 30.0 Å². The Morgan fingerprint density at radius 2 is 2.33 bits per heavy atom. The van der Waals surface area contributed by atoms with Gasteiger partial charge in [0.2, 0.25) is 0 Å². The molecule has 2 N–H and O–H groups in total. The second kappa shape index (κ2) is 8.07. The van der Waals surface area contributed by atoms with E-state index in [9.17, 15) is 5.11 Å². The largest absolute Gasteiger partial charge is 0.389 e. The maximum Gasteiger partial charge on any atom is 0.0945 e. The summed E-state index contributed by atoms with van der Waals surface area (Å²) in [7, 11) is 0. The van der Waals surface area contributed by atoms with E-state index in [1.807, 2.05) is 24.3 Å². The molecule has 1 fully saturated rings. The second-order valence-corrected chi connectivity index (χ2v) is 5.99. The summed E-state index contributed by atoms with van der Waals surface area (Å²) in [6, 6.07) is 7.63. The average Bonchev–Trinajstić information content (AvgIpc) is 2.51. The first-order chi connectivity index (χ1) is 10.2. The third kappa shape index (κ3) is 5.41. The molecule has 3 heteroatoms. The molecule has 1 aliphatic carbocycles. The van der Waals surface area contributed by atoms with Crippen molar-refractivity contribution in [2.75, 3.05) is 18.5 Å². The molecule has 0 aromatic heterocycles. The Bertz CT molecular complexity index is 480. The molecule has 114 valence electrons. The molecular formula is C18H25NO2. The Labute approximate surface area is 127 Å². The first-order valence-corrected chi connectivity index (χ1v) is 7.77. The van der Waals surface area contributed by atoms with Crippen LogP contribution >= 0.6 is 0 Å². The van der Waals surface area contributed by atoms with E-state index in [-0.39, 0.29) is 0 Å². The monoisotopic (exact) mass is 287 g/mol. The topological polar surface area (TPSA) is 41.5 Å². The number of aliphatic hydroxyl groups excluding tert-OH is 1. The van der Waals surface area contributed by atoms with E-state index in [2.05, 4.69) is 18.2 Å². The molecule has 0 amide bonds. The van der Waals surface area contributed by atoms with Gasteiger partial charge in [-0.05, 0) is 37.0 Å². The van der Waals surface area contributed by atoms with E-state index in [1.54, 1.807) is 0 Å². The minimum Gasteiger partial charge on any atom is -0.389 e. The third-order valence-electron chi connectivity index (χ3n) is 3.98. The van der Waals surface area contributed by atoms with Gasteiger partial charge < -0.3 is 15.2 Å². The Kier molecular flexibility index (Phi) is 6.10. The molecule has 3 unspecified atom stereocenters. The Morgan fingerprint density at radius 1 is 1.48 bits per heavy atom. The molecular weight excluding hydrogens is 262 g/mol. The summed E-state index contributed by atoms with van der Waals surface area (Å²) in [6.45, 7) is 3.13. The van der Waals surface area contributed by atoms with Crippen LogP contribution in [-0.2, 0) is 4.74 Å². The molecule has 3 atom stereocenters. The highest BCUT2D eigenvalue weighted by Gasteiger charge is 2.20. The van der Waals surface area contributed by atoms with Gasteiger partial charge in [0.25, 0.3) is 0 Å². The van der Waals surface area contributed by atoms with Gasteiger partial charge >= 0.3 is 0 Å². The van der Waals surface area contributed by atoms with Crippen LogP contribution in [0.25, 0.3) is 0 Å². The lowest BCUT2D eigenvalue weighted by Gasteiger charge is -2.27. The van der Waals surface area contributed by atoms with Gasteiger partial charge in [0, 0.05) is 17.8 Å². The van der Waals surface area contributed by atoms with Crippen LogP contribution < -0.4 is 5.32 Å². The minimum atomic E-state index is -0.503. The molecule has 0 aliphatic heterocycles. The van der Waals surface area contributed by atoms with Crippen molar-refractivity contribution >= 4 is 5.69 Å². The lowest BCUT2D eigenvalue weighted by atomic mass is 9.89. The highest BCUT2D eigenvalue weighted by Crippen LogP contribution is 2.25. The van der Waals surface area contributed by atoms with Crippen molar-refractivity contribution in [1.29, 1.82) is 0 Å².